The lowest BCUT2D eigenvalue weighted by Gasteiger charge is -2.35. The Morgan fingerprint density at radius 1 is 1.38 bits per heavy atom. The molecule has 0 aliphatic carbocycles. The molecule has 2 aliphatic heterocycles. The van der Waals surface area contributed by atoms with Crippen LogP contribution in [0.2, 0.25) is 0 Å². The minimum Gasteiger partial charge on any atom is -0.340 e. The number of alkyl halides is 2. The third-order valence-electron chi connectivity index (χ3n) is 4.47. The zero-order valence-electron chi connectivity index (χ0n) is 13.5. The fraction of sp³-hybridized carbons (Fsp3) is 0.733. The van der Waals surface area contributed by atoms with Gasteiger partial charge in [0, 0.05) is 69.1 Å². The van der Waals surface area contributed by atoms with Gasteiger partial charge < -0.3 is 10.2 Å². The number of hydrogen-bond donors (Lipinski definition) is 1. The van der Waals surface area contributed by atoms with Crippen molar-refractivity contribution in [1.29, 1.82) is 0 Å². The van der Waals surface area contributed by atoms with E-state index in [2.05, 4.69) is 15.2 Å². The molecule has 134 valence electrons. The Morgan fingerprint density at radius 2 is 2.17 bits per heavy atom. The monoisotopic (exact) mass is 359 g/mol. The molecule has 1 N–H and O–H groups in total. The van der Waals surface area contributed by atoms with Gasteiger partial charge in [-0.25, -0.2) is 4.98 Å². The average molecular weight is 359 g/mol. The number of imidazole rings is 1. The summed E-state index contributed by atoms with van der Waals surface area (Å²) in [7, 11) is 0. The predicted molar refractivity (Wildman–Crippen MR) is 89.1 cm³/mol. The lowest BCUT2D eigenvalue weighted by molar-refractivity contribution is -0.133. The molecule has 1 atom stereocenters. The van der Waals surface area contributed by atoms with E-state index in [0.29, 0.717) is 45.0 Å². The molecule has 9 heteroatoms. The van der Waals surface area contributed by atoms with E-state index in [9.17, 15) is 13.6 Å². The van der Waals surface area contributed by atoms with Gasteiger partial charge in [-0.2, -0.15) is 20.5 Å². The second-order valence-corrected chi connectivity index (χ2v) is 7.27. The molecule has 3 rings (SSSR count). The molecule has 1 aromatic heterocycles. The standard InChI is InChI=1S/C15H23F2N5OS/c16-15(17)22-3-1-19-13(22)10-20-4-6-21(7-5-20)14(23)9-12-11-24-8-2-18-12/h1,3,12,15,18H,2,4-11H2. The predicted octanol–water partition coefficient (Wildman–Crippen LogP) is 1.02. The largest absolute Gasteiger partial charge is 0.340 e. The van der Waals surface area contributed by atoms with Crippen LogP contribution >= 0.6 is 11.8 Å². The highest BCUT2D eigenvalue weighted by molar-refractivity contribution is 7.99. The smallest absolute Gasteiger partial charge is 0.319 e. The summed E-state index contributed by atoms with van der Waals surface area (Å²) in [6, 6.07) is 0.271. The van der Waals surface area contributed by atoms with Crippen molar-refractivity contribution in [3.63, 3.8) is 0 Å². The van der Waals surface area contributed by atoms with Crippen LogP contribution in [-0.4, -0.2) is 75.5 Å². The highest BCUT2D eigenvalue weighted by atomic mass is 32.2. The number of thioether (sulfide) groups is 1. The van der Waals surface area contributed by atoms with Crippen molar-refractivity contribution in [1.82, 2.24) is 24.7 Å². The fourth-order valence-corrected chi connectivity index (χ4v) is 4.04. The van der Waals surface area contributed by atoms with Crippen molar-refractivity contribution in [3.8, 4) is 0 Å². The molecular formula is C15H23F2N5OS. The van der Waals surface area contributed by atoms with Crippen LogP contribution in [0, 0.1) is 0 Å². The topological polar surface area (TPSA) is 53.4 Å². The first kappa shape index (κ1) is 17.6. The minimum absolute atomic E-state index is 0.184. The first-order valence-electron chi connectivity index (χ1n) is 8.24. The Balaban J connectivity index is 1.45. The van der Waals surface area contributed by atoms with Crippen LogP contribution in [0.1, 0.15) is 18.8 Å². The summed E-state index contributed by atoms with van der Waals surface area (Å²) in [5.41, 5.74) is 0. The van der Waals surface area contributed by atoms with Crippen molar-refractivity contribution >= 4 is 17.7 Å². The summed E-state index contributed by atoms with van der Waals surface area (Å²) in [5.74, 6) is 2.65. The Morgan fingerprint density at radius 3 is 2.83 bits per heavy atom. The number of piperazine rings is 1. The number of carbonyl (C=O) groups excluding carboxylic acids is 1. The number of nitrogens with zero attached hydrogens (tertiary/aromatic N) is 4. The molecule has 2 saturated heterocycles. The number of aromatic nitrogens is 2. The Labute approximate surface area is 144 Å². The maximum atomic E-state index is 12.8. The molecule has 0 aromatic carbocycles. The molecule has 1 unspecified atom stereocenters. The van der Waals surface area contributed by atoms with Gasteiger partial charge in [-0.05, 0) is 0 Å². The molecule has 3 heterocycles. The van der Waals surface area contributed by atoms with Gasteiger partial charge in [0.1, 0.15) is 5.82 Å². The van der Waals surface area contributed by atoms with E-state index in [0.717, 1.165) is 22.6 Å². The summed E-state index contributed by atoms with van der Waals surface area (Å²) < 4.78 is 26.6. The summed E-state index contributed by atoms with van der Waals surface area (Å²) >= 11 is 1.89. The van der Waals surface area contributed by atoms with Crippen molar-refractivity contribution in [2.45, 2.75) is 25.6 Å². The quantitative estimate of drug-likeness (QED) is 0.851. The first-order valence-corrected chi connectivity index (χ1v) is 9.40. The van der Waals surface area contributed by atoms with Gasteiger partial charge in [-0.15, -0.1) is 0 Å². The molecule has 1 amide bonds. The van der Waals surface area contributed by atoms with Crippen molar-refractivity contribution in [2.75, 3.05) is 44.2 Å². The molecule has 2 aliphatic rings. The molecule has 24 heavy (non-hydrogen) atoms. The Bertz CT molecular complexity index is 542. The molecule has 0 bridgehead atoms. The third-order valence-corrected chi connectivity index (χ3v) is 5.60. The maximum Gasteiger partial charge on any atom is 0.319 e. The van der Waals surface area contributed by atoms with E-state index in [1.807, 2.05) is 16.7 Å². The van der Waals surface area contributed by atoms with Crippen LogP contribution in [0.4, 0.5) is 8.78 Å². The van der Waals surface area contributed by atoms with Gasteiger partial charge in [0.2, 0.25) is 5.91 Å². The van der Waals surface area contributed by atoms with Crippen molar-refractivity contribution in [3.05, 3.63) is 18.2 Å². The number of rotatable bonds is 5. The summed E-state index contributed by atoms with van der Waals surface area (Å²) in [5, 5.41) is 3.38. The second kappa shape index (κ2) is 8.26. The molecule has 0 spiro atoms. The van der Waals surface area contributed by atoms with Crippen LogP contribution in [0.5, 0.6) is 0 Å². The van der Waals surface area contributed by atoms with E-state index >= 15 is 0 Å². The molecule has 1 aromatic rings. The van der Waals surface area contributed by atoms with Gasteiger partial charge >= 0.3 is 6.55 Å². The van der Waals surface area contributed by atoms with Gasteiger partial charge in [0.05, 0.1) is 6.54 Å². The fourth-order valence-electron chi connectivity index (χ4n) is 3.09. The van der Waals surface area contributed by atoms with E-state index in [1.54, 1.807) is 0 Å². The normalized spacial score (nSPS) is 23.0. The van der Waals surface area contributed by atoms with Crippen LogP contribution in [-0.2, 0) is 11.3 Å². The van der Waals surface area contributed by atoms with E-state index < -0.39 is 6.55 Å². The highest BCUT2D eigenvalue weighted by Crippen LogP contribution is 2.16. The average Bonchev–Trinajstić information content (AvgIpc) is 3.05. The number of halogens is 2. The summed E-state index contributed by atoms with van der Waals surface area (Å²) in [4.78, 5) is 20.3. The molecule has 2 fully saturated rings. The summed E-state index contributed by atoms with van der Waals surface area (Å²) in [6.07, 6.45) is 3.24. The third kappa shape index (κ3) is 4.46. The minimum atomic E-state index is -2.56. The Hall–Kier alpha value is -1.19. The second-order valence-electron chi connectivity index (χ2n) is 6.12. The van der Waals surface area contributed by atoms with Crippen LogP contribution in [0.15, 0.2) is 12.4 Å². The van der Waals surface area contributed by atoms with Crippen LogP contribution in [0.3, 0.4) is 0 Å². The summed E-state index contributed by atoms with van der Waals surface area (Å²) in [6.45, 7) is 1.46. The first-order chi connectivity index (χ1) is 11.6. The van der Waals surface area contributed by atoms with Crippen LogP contribution in [0.25, 0.3) is 0 Å². The van der Waals surface area contributed by atoms with E-state index in [1.165, 1.54) is 12.4 Å². The number of carbonyl (C=O) groups is 1. The van der Waals surface area contributed by atoms with Gasteiger partial charge in [0.25, 0.3) is 0 Å². The van der Waals surface area contributed by atoms with Crippen molar-refractivity contribution in [2.24, 2.45) is 0 Å². The zero-order valence-corrected chi connectivity index (χ0v) is 14.4. The lowest BCUT2D eigenvalue weighted by atomic mass is 10.2. The maximum absolute atomic E-state index is 12.8. The highest BCUT2D eigenvalue weighted by Gasteiger charge is 2.25. The van der Waals surface area contributed by atoms with E-state index in [-0.39, 0.29) is 11.9 Å². The van der Waals surface area contributed by atoms with Gasteiger partial charge in [0.15, 0.2) is 0 Å². The molecule has 0 radical (unpaired) electrons. The number of amides is 1. The molecular weight excluding hydrogens is 336 g/mol. The molecule has 6 nitrogen and oxygen atoms in total. The Kier molecular flexibility index (Phi) is 6.07. The number of hydrogen-bond acceptors (Lipinski definition) is 5. The SMILES string of the molecule is O=C(CC1CSCCN1)N1CCN(Cc2nccn2C(F)F)CC1. The van der Waals surface area contributed by atoms with E-state index in [4.69, 9.17) is 0 Å². The van der Waals surface area contributed by atoms with Gasteiger partial charge in [-0.3, -0.25) is 14.3 Å². The van der Waals surface area contributed by atoms with Crippen LogP contribution < -0.4 is 5.32 Å². The number of nitrogens with one attached hydrogen (secondary N) is 1. The van der Waals surface area contributed by atoms with Crippen molar-refractivity contribution < 1.29 is 13.6 Å². The zero-order chi connectivity index (χ0) is 16.9. The molecule has 0 saturated carbocycles. The lowest BCUT2D eigenvalue weighted by Crippen LogP contribution is -2.50. The van der Waals surface area contributed by atoms with Gasteiger partial charge in [-0.1, -0.05) is 0 Å².